The molecule has 382 valence electrons. The molecule has 15 aromatic rings. The zero-order chi connectivity index (χ0) is 55.7. The number of para-hydroxylation sites is 4. The third-order valence-electron chi connectivity index (χ3n) is 16.1. The largest absolute Gasteiger partial charge is 0.309 e. The van der Waals surface area contributed by atoms with Gasteiger partial charge >= 0.3 is 0 Å². The van der Waals surface area contributed by atoms with Crippen molar-refractivity contribution in [1.29, 1.82) is 21.0 Å². The zero-order valence-electron chi connectivity index (χ0n) is 44.2. The Hall–Kier alpha value is -12.1. The van der Waals surface area contributed by atoms with E-state index in [1.807, 2.05) is 84.9 Å². The van der Waals surface area contributed by atoms with E-state index >= 15 is 0 Å². The fourth-order valence-electron chi connectivity index (χ4n) is 12.3. The Morgan fingerprint density at radius 3 is 1.13 bits per heavy atom. The molecule has 0 atom stereocenters. The highest BCUT2D eigenvalue weighted by molar-refractivity contribution is 6.14. The summed E-state index contributed by atoms with van der Waals surface area (Å²) >= 11 is 0. The number of benzene rings is 11. The number of nitrogens with zero attached hydrogens (tertiary/aromatic N) is 9. The van der Waals surface area contributed by atoms with Gasteiger partial charge in [-0.2, -0.15) is 21.0 Å². The Kier molecular flexibility index (Phi) is 11.2. The minimum atomic E-state index is 0.359. The third kappa shape index (κ3) is 7.74. The topological polar surface area (TPSA) is 136 Å². The van der Waals surface area contributed by atoms with Crippen LogP contribution in [0.1, 0.15) is 22.3 Å². The summed E-state index contributed by atoms with van der Waals surface area (Å²) in [5, 5.41) is 48.6. The Balaban J connectivity index is 0.824. The van der Waals surface area contributed by atoms with Crippen LogP contribution >= 0.6 is 0 Å². The lowest BCUT2D eigenvalue weighted by Crippen LogP contribution is -1.98. The van der Waals surface area contributed by atoms with E-state index in [9.17, 15) is 21.0 Å². The van der Waals surface area contributed by atoms with Crippen LogP contribution in [0.4, 0.5) is 0 Å². The number of hydrogen-bond acceptors (Lipinski definition) is 6. The summed E-state index contributed by atoms with van der Waals surface area (Å²) in [5.41, 5.74) is 17.3. The average molecular weight is 1060 g/mol. The molecule has 0 amide bonds. The number of aromatic nitrogens is 5. The van der Waals surface area contributed by atoms with E-state index in [1.165, 1.54) is 21.5 Å². The lowest BCUT2D eigenvalue weighted by molar-refractivity contribution is 1.16. The lowest BCUT2D eigenvalue weighted by atomic mass is 9.90. The predicted octanol–water partition coefficient (Wildman–Crippen LogP) is 17.6. The first-order valence-electron chi connectivity index (χ1n) is 27.1. The number of rotatable bonds is 8. The van der Waals surface area contributed by atoms with E-state index < -0.39 is 0 Å². The van der Waals surface area contributed by atoms with Gasteiger partial charge < -0.3 is 13.7 Å². The van der Waals surface area contributed by atoms with Gasteiger partial charge in [0.25, 0.3) is 0 Å². The molecule has 0 aliphatic carbocycles. The van der Waals surface area contributed by atoms with Gasteiger partial charge in [-0.1, -0.05) is 140 Å². The molecule has 0 saturated heterocycles. The van der Waals surface area contributed by atoms with Gasteiger partial charge in [-0.25, -0.2) is 9.97 Å². The first-order valence-corrected chi connectivity index (χ1v) is 27.1. The first kappa shape index (κ1) is 48.0. The molecule has 11 aromatic carbocycles. The molecule has 0 radical (unpaired) electrons. The van der Waals surface area contributed by atoms with Gasteiger partial charge in [0.1, 0.15) is 0 Å². The van der Waals surface area contributed by atoms with Crippen LogP contribution in [-0.2, 0) is 0 Å². The smallest absolute Gasteiger partial charge is 0.161 e. The van der Waals surface area contributed by atoms with E-state index in [0.717, 1.165) is 77.6 Å². The van der Waals surface area contributed by atoms with Crippen molar-refractivity contribution in [2.24, 2.45) is 0 Å². The normalized spacial score (nSPS) is 11.3. The SMILES string of the molecule is N#Cc1ccccc1-c1cc(-c2ccc(-c3cc(C#N)c(-c4ccc(-n5c6ccc(-n7c8ccccc8c8ccccc87)cc6c6cc(-n7c8ccccc8c8ccccc87)ccc65)cc4)c(C#N)c3)cc2)nc(-c2ccccc2C#N)n1. The maximum Gasteiger partial charge on any atom is 0.161 e. The van der Waals surface area contributed by atoms with Crippen LogP contribution in [0, 0.1) is 45.3 Å². The minimum Gasteiger partial charge on any atom is -0.309 e. The molecule has 0 N–H and O–H groups in total. The van der Waals surface area contributed by atoms with Crippen molar-refractivity contribution in [3.8, 4) is 97.5 Å². The summed E-state index contributed by atoms with van der Waals surface area (Å²) in [6, 6.07) is 93.2. The predicted molar refractivity (Wildman–Crippen MR) is 331 cm³/mol. The van der Waals surface area contributed by atoms with E-state index in [4.69, 9.17) is 9.97 Å². The number of hydrogen-bond donors (Lipinski definition) is 0. The van der Waals surface area contributed by atoms with E-state index in [0.29, 0.717) is 61.7 Å². The summed E-state index contributed by atoms with van der Waals surface area (Å²) < 4.78 is 7.04. The molecule has 0 saturated carbocycles. The lowest BCUT2D eigenvalue weighted by Gasteiger charge is -2.14. The van der Waals surface area contributed by atoms with Crippen molar-refractivity contribution in [1.82, 2.24) is 23.7 Å². The molecule has 4 heterocycles. The summed E-state index contributed by atoms with van der Waals surface area (Å²) in [6.45, 7) is 0. The molecular weight excluding hydrogens is 1010 g/mol. The quantitative estimate of drug-likeness (QED) is 0.149. The van der Waals surface area contributed by atoms with Crippen LogP contribution in [-0.4, -0.2) is 23.7 Å². The highest BCUT2D eigenvalue weighted by atomic mass is 15.0. The fraction of sp³-hybridized carbons (Fsp3) is 0. The molecule has 9 nitrogen and oxygen atoms in total. The van der Waals surface area contributed by atoms with Crippen molar-refractivity contribution in [3.63, 3.8) is 0 Å². The summed E-state index contributed by atoms with van der Waals surface area (Å²) in [6.07, 6.45) is 0. The van der Waals surface area contributed by atoms with Crippen molar-refractivity contribution in [2.75, 3.05) is 0 Å². The monoisotopic (exact) mass is 1060 g/mol. The fourth-order valence-corrected chi connectivity index (χ4v) is 12.3. The summed E-state index contributed by atoms with van der Waals surface area (Å²) in [4.78, 5) is 9.82. The van der Waals surface area contributed by atoms with Crippen LogP contribution in [0.2, 0.25) is 0 Å². The highest BCUT2D eigenvalue weighted by Crippen LogP contribution is 2.41. The molecular formula is C74H41N9. The standard InChI is InChI=1S/C74H41N9/c75-42-49-13-1-3-15-57(49)66-41-65(79-74(80-66)58-16-4-2-14-50(58)43-76)47-27-25-46(26-28-47)51-37-52(44-77)73(53(38-51)45-78)48-29-31-54(32-30-48)81-71-35-33-55(82-67-21-9-5-17-59(67)60-18-6-10-22-68(60)82)39-63(71)64-40-56(34-36-72(64)81)83-69-23-11-7-19-61(69)62-20-8-12-24-70(62)83/h1-41H. The van der Waals surface area contributed by atoms with Crippen LogP contribution in [0.5, 0.6) is 0 Å². The molecule has 0 aliphatic heterocycles. The summed E-state index contributed by atoms with van der Waals surface area (Å²) in [7, 11) is 0. The van der Waals surface area contributed by atoms with Gasteiger partial charge in [-0.3, -0.25) is 0 Å². The van der Waals surface area contributed by atoms with Crippen molar-refractivity contribution in [3.05, 3.63) is 271 Å². The van der Waals surface area contributed by atoms with E-state index in [1.54, 1.807) is 18.2 Å². The van der Waals surface area contributed by atoms with Gasteiger partial charge in [0.2, 0.25) is 0 Å². The molecule has 4 aromatic heterocycles. The molecule has 83 heavy (non-hydrogen) atoms. The van der Waals surface area contributed by atoms with Gasteiger partial charge in [-0.05, 0) is 126 Å². The molecule has 0 fully saturated rings. The molecule has 0 spiro atoms. The number of nitriles is 4. The van der Waals surface area contributed by atoms with Gasteiger partial charge in [0.15, 0.2) is 5.82 Å². The number of fused-ring (bicyclic) bond motifs is 9. The minimum absolute atomic E-state index is 0.359. The van der Waals surface area contributed by atoms with Gasteiger partial charge in [0, 0.05) is 71.6 Å². The second kappa shape index (κ2) is 19.3. The first-order chi connectivity index (χ1) is 41.0. The van der Waals surface area contributed by atoms with Gasteiger partial charge in [-0.15, -0.1) is 0 Å². The third-order valence-corrected chi connectivity index (χ3v) is 16.1. The van der Waals surface area contributed by atoms with Crippen LogP contribution in [0.15, 0.2) is 249 Å². The van der Waals surface area contributed by atoms with E-state index in [-0.39, 0.29) is 0 Å². The average Bonchev–Trinajstić information content (AvgIpc) is 4.37. The molecule has 0 bridgehead atoms. The Morgan fingerprint density at radius 2 is 0.639 bits per heavy atom. The van der Waals surface area contributed by atoms with Crippen molar-refractivity contribution < 1.29 is 0 Å². The van der Waals surface area contributed by atoms with Crippen LogP contribution in [0.3, 0.4) is 0 Å². The maximum absolute atomic E-state index is 10.8. The molecule has 0 aliphatic rings. The highest BCUT2D eigenvalue weighted by Gasteiger charge is 2.22. The Labute approximate surface area is 476 Å². The van der Waals surface area contributed by atoms with Crippen molar-refractivity contribution >= 4 is 65.4 Å². The van der Waals surface area contributed by atoms with E-state index in [2.05, 4.69) is 184 Å². The second-order valence-electron chi connectivity index (χ2n) is 20.5. The maximum atomic E-state index is 10.8. The van der Waals surface area contributed by atoms with Gasteiger partial charge in [0.05, 0.1) is 91.0 Å². The van der Waals surface area contributed by atoms with Crippen LogP contribution in [0.25, 0.3) is 139 Å². The Morgan fingerprint density at radius 1 is 0.265 bits per heavy atom. The zero-order valence-corrected chi connectivity index (χ0v) is 44.2. The van der Waals surface area contributed by atoms with Crippen molar-refractivity contribution in [2.45, 2.75) is 0 Å². The molecule has 0 unspecified atom stereocenters. The Bertz CT molecular complexity index is 4990. The second-order valence-corrected chi connectivity index (χ2v) is 20.5. The molecule has 9 heteroatoms. The summed E-state index contributed by atoms with van der Waals surface area (Å²) in [5.74, 6) is 0.359. The molecule has 15 rings (SSSR count). The van der Waals surface area contributed by atoms with Crippen LogP contribution < -0.4 is 0 Å².